The van der Waals surface area contributed by atoms with Crippen molar-refractivity contribution >= 4 is 17.9 Å². The van der Waals surface area contributed by atoms with Crippen LogP contribution in [0.1, 0.15) is 27.7 Å². The van der Waals surface area contributed by atoms with Crippen LogP contribution in [0.4, 0.5) is 0 Å². The number of esters is 3. The smallest absolute Gasteiger partial charge is 0.316 e. The Labute approximate surface area is 100 Å². The molecule has 0 aromatic heterocycles. The molecular weight excluding hydrogens is 228 g/mol. The van der Waals surface area contributed by atoms with Crippen LogP contribution in [0, 0.1) is 5.92 Å². The number of carbonyl (C=O) groups is 3. The maximum atomic E-state index is 11.6. The van der Waals surface area contributed by atoms with E-state index in [0.29, 0.717) is 0 Å². The van der Waals surface area contributed by atoms with E-state index in [1.54, 1.807) is 13.8 Å². The van der Waals surface area contributed by atoms with Crippen LogP contribution in [0.3, 0.4) is 0 Å². The molecule has 0 heterocycles. The highest BCUT2D eigenvalue weighted by Gasteiger charge is 2.35. The molecule has 0 aliphatic heterocycles. The summed E-state index contributed by atoms with van der Waals surface area (Å²) in [6.07, 6.45) is -1.46. The first-order chi connectivity index (χ1) is 7.79. The van der Waals surface area contributed by atoms with Crippen molar-refractivity contribution in [3.63, 3.8) is 0 Å². The lowest BCUT2D eigenvalue weighted by Gasteiger charge is -2.26. The van der Waals surface area contributed by atoms with Gasteiger partial charge in [-0.15, -0.1) is 0 Å². The maximum Gasteiger partial charge on any atom is 0.316 e. The third-order valence-corrected chi connectivity index (χ3v) is 2.19. The summed E-state index contributed by atoms with van der Waals surface area (Å²) in [6, 6.07) is 0. The van der Waals surface area contributed by atoms with Crippen molar-refractivity contribution in [1.29, 1.82) is 0 Å². The largest absolute Gasteiger partial charge is 0.469 e. The van der Waals surface area contributed by atoms with Gasteiger partial charge in [-0.1, -0.05) is 0 Å². The van der Waals surface area contributed by atoms with Crippen LogP contribution < -0.4 is 0 Å². The van der Waals surface area contributed by atoms with Crippen molar-refractivity contribution in [3.8, 4) is 0 Å². The van der Waals surface area contributed by atoms with Gasteiger partial charge in [-0.2, -0.15) is 0 Å². The van der Waals surface area contributed by atoms with E-state index in [9.17, 15) is 14.4 Å². The first kappa shape index (κ1) is 15.4. The van der Waals surface area contributed by atoms with Gasteiger partial charge in [0.25, 0.3) is 0 Å². The zero-order valence-electron chi connectivity index (χ0n) is 10.7. The highest BCUT2D eigenvalue weighted by atomic mass is 16.6. The van der Waals surface area contributed by atoms with Crippen LogP contribution in [0.15, 0.2) is 0 Å². The molecule has 0 saturated heterocycles. The highest BCUT2D eigenvalue weighted by Crippen LogP contribution is 2.17. The molecule has 0 fully saturated rings. The molecule has 0 aliphatic rings. The van der Waals surface area contributed by atoms with Crippen LogP contribution in [-0.2, 0) is 28.6 Å². The second kappa shape index (κ2) is 6.88. The van der Waals surface area contributed by atoms with Crippen molar-refractivity contribution < 1.29 is 28.6 Å². The Morgan fingerprint density at radius 1 is 0.882 bits per heavy atom. The van der Waals surface area contributed by atoms with Gasteiger partial charge in [-0.3, -0.25) is 14.4 Å². The molecule has 0 aliphatic carbocycles. The molecule has 0 aromatic rings. The van der Waals surface area contributed by atoms with Gasteiger partial charge in [0.1, 0.15) is 18.1 Å². The fraction of sp³-hybridized carbons (Fsp3) is 0.727. The molecule has 6 heteroatoms. The van der Waals surface area contributed by atoms with Gasteiger partial charge < -0.3 is 14.2 Å². The summed E-state index contributed by atoms with van der Waals surface area (Å²) in [5.74, 6) is -2.46. The van der Waals surface area contributed by atoms with E-state index in [0.717, 1.165) is 0 Å². The number of hydrogen-bond donors (Lipinski definition) is 0. The minimum absolute atomic E-state index is 0.513. The van der Waals surface area contributed by atoms with E-state index in [1.807, 2.05) is 0 Å². The lowest BCUT2D eigenvalue weighted by atomic mass is 9.98. The quantitative estimate of drug-likeness (QED) is 0.524. The molecule has 0 bridgehead atoms. The minimum atomic E-state index is -0.840. The van der Waals surface area contributed by atoms with Gasteiger partial charge in [-0.25, -0.2) is 0 Å². The average molecular weight is 246 g/mol. The zero-order valence-corrected chi connectivity index (χ0v) is 10.7. The molecule has 0 N–H and O–H groups in total. The van der Waals surface area contributed by atoms with E-state index >= 15 is 0 Å². The van der Waals surface area contributed by atoms with E-state index < -0.39 is 36.0 Å². The van der Waals surface area contributed by atoms with Gasteiger partial charge in [0.05, 0.1) is 7.11 Å². The minimum Gasteiger partial charge on any atom is -0.469 e. The molecule has 17 heavy (non-hydrogen) atoms. The first-order valence-electron chi connectivity index (χ1n) is 5.21. The SMILES string of the molecule is COC(=O)C([C@H](C)OC(C)=O)[C@H](C)OC(C)=O. The lowest BCUT2D eigenvalue weighted by Crippen LogP contribution is -2.40. The molecule has 0 amide bonds. The van der Waals surface area contributed by atoms with Crippen molar-refractivity contribution in [2.24, 2.45) is 5.92 Å². The summed E-state index contributed by atoms with van der Waals surface area (Å²) in [5.41, 5.74) is 0. The number of methoxy groups -OCH3 is 1. The molecule has 0 rings (SSSR count). The first-order valence-corrected chi connectivity index (χ1v) is 5.21. The maximum absolute atomic E-state index is 11.6. The molecule has 0 aromatic carbocycles. The van der Waals surface area contributed by atoms with Gasteiger partial charge >= 0.3 is 17.9 Å². The van der Waals surface area contributed by atoms with Crippen LogP contribution in [0.2, 0.25) is 0 Å². The summed E-state index contributed by atoms with van der Waals surface area (Å²) in [4.78, 5) is 33.2. The van der Waals surface area contributed by atoms with Gasteiger partial charge in [0.15, 0.2) is 0 Å². The molecule has 6 nitrogen and oxygen atoms in total. The summed E-state index contributed by atoms with van der Waals surface area (Å²) in [6.45, 7) is 5.56. The molecule has 2 atom stereocenters. The predicted octanol–water partition coefficient (Wildman–Crippen LogP) is 0.679. The molecule has 0 radical (unpaired) electrons. The molecule has 0 unspecified atom stereocenters. The van der Waals surface area contributed by atoms with E-state index in [-0.39, 0.29) is 0 Å². The lowest BCUT2D eigenvalue weighted by molar-refractivity contribution is -0.168. The third kappa shape index (κ3) is 5.33. The Balaban J connectivity index is 4.79. The monoisotopic (exact) mass is 246 g/mol. The summed E-state index contributed by atoms with van der Waals surface area (Å²) < 4.78 is 14.4. The Kier molecular flexibility index (Phi) is 6.23. The number of rotatable bonds is 5. The second-order valence-electron chi connectivity index (χ2n) is 3.68. The van der Waals surface area contributed by atoms with Crippen molar-refractivity contribution in [1.82, 2.24) is 0 Å². The second-order valence-corrected chi connectivity index (χ2v) is 3.68. The molecular formula is C11H18O6. The normalized spacial score (nSPS) is 13.8. The third-order valence-electron chi connectivity index (χ3n) is 2.19. The zero-order chi connectivity index (χ0) is 13.6. The highest BCUT2D eigenvalue weighted by molar-refractivity contribution is 5.75. The number of carbonyl (C=O) groups excluding carboxylic acids is 3. The van der Waals surface area contributed by atoms with Crippen molar-refractivity contribution in [3.05, 3.63) is 0 Å². The molecule has 0 spiro atoms. The fourth-order valence-corrected chi connectivity index (χ4v) is 1.57. The average Bonchev–Trinajstić information content (AvgIpc) is 2.14. The van der Waals surface area contributed by atoms with Gasteiger partial charge in [0.2, 0.25) is 0 Å². The van der Waals surface area contributed by atoms with Crippen LogP contribution >= 0.6 is 0 Å². The van der Waals surface area contributed by atoms with E-state index in [1.165, 1.54) is 21.0 Å². The summed E-state index contributed by atoms with van der Waals surface area (Å²) >= 11 is 0. The predicted molar refractivity (Wildman–Crippen MR) is 58.0 cm³/mol. The van der Waals surface area contributed by atoms with Crippen LogP contribution in [0.25, 0.3) is 0 Å². The molecule has 98 valence electrons. The Hall–Kier alpha value is -1.59. The summed E-state index contributed by atoms with van der Waals surface area (Å²) in [5, 5.41) is 0. The van der Waals surface area contributed by atoms with E-state index in [2.05, 4.69) is 4.74 Å². The standard InChI is InChI=1S/C11H18O6/c1-6(16-8(3)12)10(11(14)15-5)7(2)17-9(4)13/h6-7,10H,1-5H3/t6-,7-/m0/s1. The number of hydrogen-bond acceptors (Lipinski definition) is 6. The van der Waals surface area contributed by atoms with Crippen molar-refractivity contribution in [2.45, 2.75) is 39.9 Å². The van der Waals surface area contributed by atoms with Crippen molar-refractivity contribution in [2.75, 3.05) is 7.11 Å². The fourth-order valence-electron chi connectivity index (χ4n) is 1.57. The van der Waals surface area contributed by atoms with Crippen LogP contribution in [-0.4, -0.2) is 37.2 Å². The van der Waals surface area contributed by atoms with Gasteiger partial charge in [-0.05, 0) is 13.8 Å². The number of ether oxygens (including phenoxy) is 3. The van der Waals surface area contributed by atoms with Crippen LogP contribution in [0.5, 0.6) is 0 Å². The van der Waals surface area contributed by atoms with E-state index in [4.69, 9.17) is 9.47 Å². The topological polar surface area (TPSA) is 78.9 Å². The van der Waals surface area contributed by atoms with Gasteiger partial charge in [0, 0.05) is 13.8 Å². The Morgan fingerprint density at radius 2 is 1.24 bits per heavy atom. The Morgan fingerprint density at radius 3 is 1.47 bits per heavy atom. The Bertz CT molecular complexity index is 276. The summed E-state index contributed by atoms with van der Waals surface area (Å²) in [7, 11) is 1.22. The molecule has 0 saturated carbocycles.